The van der Waals surface area contributed by atoms with E-state index in [0.29, 0.717) is 12.5 Å². The normalized spacial score (nSPS) is 10.6. The Labute approximate surface area is 124 Å². The number of hydrogen-bond acceptors (Lipinski definition) is 3. The first-order valence-corrected chi connectivity index (χ1v) is 7.03. The van der Waals surface area contributed by atoms with Crippen LogP contribution in [0.25, 0.3) is 10.9 Å². The molecule has 0 bridgehead atoms. The van der Waals surface area contributed by atoms with Crippen LogP contribution in [0.3, 0.4) is 0 Å². The number of pyridine rings is 1. The number of ether oxygens (including phenoxy) is 2. The van der Waals surface area contributed by atoms with Crippen molar-refractivity contribution < 1.29 is 9.47 Å². The standard InChI is InChI=1S/C18H17NO2/c1-3-20-14-7-9-15(10-8-14)21-18-12-11-16-13(2)5-4-6-17(16)19-18/h4-12H,3H2,1-2H3. The summed E-state index contributed by atoms with van der Waals surface area (Å²) < 4.78 is 11.2. The van der Waals surface area contributed by atoms with Crippen molar-refractivity contribution in [3.8, 4) is 17.4 Å². The van der Waals surface area contributed by atoms with Crippen LogP contribution in [-0.2, 0) is 0 Å². The first kappa shape index (κ1) is 13.4. The minimum Gasteiger partial charge on any atom is -0.494 e. The molecule has 1 heterocycles. The molecule has 0 atom stereocenters. The summed E-state index contributed by atoms with van der Waals surface area (Å²) in [5.74, 6) is 2.18. The summed E-state index contributed by atoms with van der Waals surface area (Å²) >= 11 is 0. The van der Waals surface area contributed by atoms with Crippen molar-refractivity contribution >= 4 is 10.9 Å². The van der Waals surface area contributed by atoms with Crippen LogP contribution in [0.5, 0.6) is 17.4 Å². The largest absolute Gasteiger partial charge is 0.494 e. The van der Waals surface area contributed by atoms with Gasteiger partial charge in [-0.15, -0.1) is 0 Å². The van der Waals surface area contributed by atoms with E-state index in [0.717, 1.165) is 22.4 Å². The van der Waals surface area contributed by atoms with E-state index in [1.807, 2.05) is 55.5 Å². The van der Waals surface area contributed by atoms with Gasteiger partial charge in [0.1, 0.15) is 11.5 Å². The van der Waals surface area contributed by atoms with Crippen molar-refractivity contribution in [2.75, 3.05) is 6.61 Å². The van der Waals surface area contributed by atoms with Crippen molar-refractivity contribution in [2.45, 2.75) is 13.8 Å². The molecule has 0 spiro atoms. The lowest BCUT2D eigenvalue weighted by molar-refractivity contribution is 0.339. The maximum atomic E-state index is 5.79. The maximum Gasteiger partial charge on any atom is 0.219 e. The number of hydrogen-bond donors (Lipinski definition) is 0. The fourth-order valence-corrected chi connectivity index (χ4v) is 2.24. The molecule has 21 heavy (non-hydrogen) atoms. The predicted octanol–water partition coefficient (Wildman–Crippen LogP) is 4.73. The molecule has 3 nitrogen and oxygen atoms in total. The van der Waals surface area contributed by atoms with Gasteiger partial charge in [0.15, 0.2) is 0 Å². The highest BCUT2D eigenvalue weighted by Crippen LogP contribution is 2.25. The monoisotopic (exact) mass is 279 g/mol. The summed E-state index contributed by atoms with van der Waals surface area (Å²) in [5, 5.41) is 1.15. The molecule has 3 rings (SSSR count). The van der Waals surface area contributed by atoms with Gasteiger partial charge in [0.05, 0.1) is 12.1 Å². The van der Waals surface area contributed by atoms with Gasteiger partial charge in [-0.05, 0) is 55.8 Å². The Morgan fingerprint density at radius 3 is 2.43 bits per heavy atom. The molecule has 3 aromatic rings. The summed E-state index contributed by atoms with van der Waals surface area (Å²) in [6.07, 6.45) is 0. The summed E-state index contributed by atoms with van der Waals surface area (Å²) in [4.78, 5) is 4.54. The van der Waals surface area contributed by atoms with Crippen molar-refractivity contribution in [2.24, 2.45) is 0 Å². The molecule has 0 saturated carbocycles. The Bertz CT molecular complexity index is 751. The second-order valence-corrected chi connectivity index (χ2v) is 4.80. The Morgan fingerprint density at radius 2 is 1.67 bits per heavy atom. The van der Waals surface area contributed by atoms with Crippen LogP contribution in [0.15, 0.2) is 54.6 Å². The molecular formula is C18H17NO2. The number of benzene rings is 2. The van der Waals surface area contributed by atoms with Crippen LogP contribution in [0.2, 0.25) is 0 Å². The molecule has 0 unspecified atom stereocenters. The van der Waals surface area contributed by atoms with E-state index in [1.54, 1.807) is 0 Å². The average molecular weight is 279 g/mol. The zero-order valence-electron chi connectivity index (χ0n) is 12.2. The third-order valence-corrected chi connectivity index (χ3v) is 3.28. The van der Waals surface area contributed by atoms with Gasteiger partial charge in [-0.3, -0.25) is 0 Å². The zero-order chi connectivity index (χ0) is 14.7. The minimum atomic E-state index is 0.595. The quantitative estimate of drug-likeness (QED) is 0.691. The Morgan fingerprint density at radius 1 is 0.905 bits per heavy atom. The molecule has 0 aliphatic heterocycles. The zero-order valence-corrected chi connectivity index (χ0v) is 12.2. The molecule has 0 N–H and O–H groups in total. The topological polar surface area (TPSA) is 31.4 Å². The van der Waals surface area contributed by atoms with E-state index in [1.165, 1.54) is 5.56 Å². The summed E-state index contributed by atoms with van der Waals surface area (Å²) in [7, 11) is 0. The minimum absolute atomic E-state index is 0.595. The van der Waals surface area contributed by atoms with Crippen LogP contribution in [0.1, 0.15) is 12.5 Å². The second-order valence-electron chi connectivity index (χ2n) is 4.80. The number of rotatable bonds is 4. The van der Waals surface area contributed by atoms with Crippen molar-refractivity contribution in [1.29, 1.82) is 0 Å². The lowest BCUT2D eigenvalue weighted by atomic mass is 10.1. The highest BCUT2D eigenvalue weighted by Gasteiger charge is 2.03. The van der Waals surface area contributed by atoms with Gasteiger partial charge in [-0.1, -0.05) is 12.1 Å². The smallest absolute Gasteiger partial charge is 0.219 e. The lowest BCUT2D eigenvalue weighted by Gasteiger charge is -2.08. The molecule has 1 aromatic heterocycles. The van der Waals surface area contributed by atoms with Crippen LogP contribution < -0.4 is 9.47 Å². The Hall–Kier alpha value is -2.55. The SMILES string of the molecule is CCOc1ccc(Oc2ccc3c(C)cccc3n2)cc1. The van der Waals surface area contributed by atoms with Crippen molar-refractivity contribution in [1.82, 2.24) is 4.98 Å². The molecule has 0 fully saturated rings. The van der Waals surface area contributed by atoms with Gasteiger partial charge in [-0.25, -0.2) is 4.98 Å². The van der Waals surface area contributed by atoms with Gasteiger partial charge in [0.2, 0.25) is 5.88 Å². The molecule has 0 aliphatic rings. The molecule has 0 aliphatic carbocycles. The summed E-state index contributed by atoms with van der Waals surface area (Å²) in [6, 6.07) is 17.6. The average Bonchev–Trinajstić information content (AvgIpc) is 2.50. The Balaban J connectivity index is 1.84. The van der Waals surface area contributed by atoms with Crippen molar-refractivity contribution in [3.05, 3.63) is 60.2 Å². The van der Waals surface area contributed by atoms with Crippen LogP contribution in [0, 0.1) is 6.92 Å². The van der Waals surface area contributed by atoms with E-state index in [-0.39, 0.29) is 0 Å². The Kier molecular flexibility index (Phi) is 3.73. The number of fused-ring (bicyclic) bond motifs is 1. The molecule has 3 heteroatoms. The number of aryl methyl sites for hydroxylation is 1. The number of aromatic nitrogens is 1. The van der Waals surface area contributed by atoms with E-state index in [9.17, 15) is 0 Å². The van der Waals surface area contributed by atoms with Gasteiger partial charge in [0, 0.05) is 11.5 Å². The highest BCUT2D eigenvalue weighted by molar-refractivity contribution is 5.82. The molecule has 2 aromatic carbocycles. The molecule has 106 valence electrons. The molecule has 0 amide bonds. The molecular weight excluding hydrogens is 262 g/mol. The van der Waals surface area contributed by atoms with Crippen LogP contribution in [0.4, 0.5) is 0 Å². The predicted molar refractivity (Wildman–Crippen MR) is 84.2 cm³/mol. The third-order valence-electron chi connectivity index (χ3n) is 3.28. The van der Waals surface area contributed by atoms with Crippen LogP contribution >= 0.6 is 0 Å². The van der Waals surface area contributed by atoms with Crippen LogP contribution in [-0.4, -0.2) is 11.6 Å². The highest BCUT2D eigenvalue weighted by atomic mass is 16.5. The van der Waals surface area contributed by atoms with E-state index >= 15 is 0 Å². The summed E-state index contributed by atoms with van der Waals surface area (Å²) in [5.41, 5.74) is 2.16. The third kappa shape index (κ3) is 2.97. The van der Waals surface area contributed by atoms with Gasteiger partial charge in [0.25, 0.3) is 0 Å². The van der Waals surface area contributed by atoms with Gasteiger partial charge < -0.3 is 9.47 Å². The number of nitrogens with zero attached hydrogens (tertiary/aromatic N) is 1. The maximum absolute atomic E-state index is 5.79. The molecule has 0 radical (unpaired) electrons. The van der Waals surface area contributed by atoms with Crippen molar-refractivity contribution in [3.63, 3.8) is 0 Å². The molecule has 0 saturated heterocycles. The fraction of sp³-hybridized carbons (Fsp3) is 0.167. The first-order chi connectivity index (χ1) is 10.3. The lowest BCUT2D eigenvalue weighted by Crippen LogP contribution is -1.92. The van der Waals surface area contributed by atoms with E-state index < -0.39 is 0 Å². The van der Waals surface area contributed by atoms with Gasteiger partial charge >= 0.3 is 0 Å². The first-order valence-electron chi connectivity index (χ1n) is 7.03. The summed E-state index contributed by atoms with van der Waals surface area (Å²) in [6.45, 7) is 4.70. The fourth-order valence-electron chi connectivity index (χ4n) is 2.24. The van der Waals surface area contributed by atoms with E-state index in [2.05, 4.69) is 18.0 Å². The van der Waals surface area contributed by atoms with Gasteiger partial charge in [-0.2, -0.15) is 0 Å². The van der Waals surface area contributed by atoms with E-state index in [4.69, 9.17) is 9.47 Å². The second kappa shape index (κ2) is 5.83.